The van der Waals surface area contributed by atoms with Crippen LogP contribution in [0.3, 0.4) is 0 Å². The number of carbonyl (C=O) groups is 1. The van der Waals surface area contributed by atoms with Gasteiger partial charge < -0.3 is 13.9 Å². The van der Waals surface area contributed by atoms with E-state index in [0.717, 1.165) is 27.8 Å². The van der Waals surface area contributed by atoms with E-state index in [-0.39, 0.29) is 17.1 Å². The molecule has 38 heavy (non-hydrogen) atoms. The number of hydrogen-bond acceptors (Lipinski definition) is 5. The van der Waals surface area contributed by atoms with Crippen molar-refractivity contribution in [1.29, 1.82) is 0 Å². The smallest absolute Gasteiger partial charge is 0.295 e. The Morgan fingerprint density at radius 1 is 0.895 bits per heavy atom. The Kier molecular flexibility index (Phi) is 6.57. The van der Waals surface area contributed by atoms with Crippen molar-refractivity contribution in [3.63, 3.8) is 0 Å². The molecular formula is C32H31NO5. The number of benzene rings is 3. The molecule has 0 aliphatic carbocycles. The van der Waals surface area contributed by atoms with Gasteiger partial charge in [0.15, 0.2) is 16.9 Å². The summed E-state index contributed by atoms with van der Waals surface area (Å²) in [5.74, 6) is 0.813. The molecule has 194 valence electrons. The van der Waals surface area contributed by atoms with Crippen molar-refractivity contribution in [2.45, 2.75) is 40.7 Å². The molecule has 2 heterocycles. The number of rotatable bonds is 7. The van der Waals surface area contributed by atoms with Gasteiger partial charge in [0.05, 0.1) is 23.6 Å². The molecule has 6 nitrogen and oxygen atoms in total. The van der Waals surface area contributed by atoms with Crippen molar-refractivity contribution in [3.8, 4) is 11.5 Å². The number of amides is 1. The van der Waals surface area contributed by atoms with Gasteiger partial charge in [-0.3, -0.25) is 14.5 Å². The van der Waals surface area contributed by atoms with Crippen LogP contribution in [-0.4, -0.2) is 19.1 Å². The predicted molar refractivity (Wildman–Crippen MR) is 150 cm³/mol. The van der Waals surface area contributed by atoms with Gasteiger partial charge in [0.25, 0.3) is 5.91 Å². The first kappa shape index (κ1) is 25.3. The normalized spacial score (nSPS) is 14.6. The lowest BCUT2D eigenvalue weighted by atomic mass is 9.96. The summed E-state index contributed by atoms with van der Waals surface area (Å²) in [5, 5.41) is 0.461. The van der Waals surface area contributed by atoms with Gasteiger partial charge in [0.1, 0.15) is 12.2 Å². The topological polar surface area (TPSA) is 69.0 Å². The van der Waals surface area contributed by atoms with Crippen LogP contribution >= 0.6 is 0 Å². The average molecular weight is 510 g/mol. The minimum absolute atomic E-state index is 0.0684. The van der Waals surface area contributed by atoms with Gasteiger partial charge in [-0.1, -0.05) is 24.8 Å². The molecule has 0 saturated carbocycles. The zero-order valence-corrected chi connectivity index (χ0v) is 22.4. The lowest BCUT2D eigenvalue weighted by Gasteiger charge is -2.26. The highest BCUT2D eigenvalue weighted by atomic mass is 16.5. The molecule has 0 N–H and O–H groups in total. The number of anilines is 1. The van der Waals surface area contributed by atoms with Crippen molar-refractivity contribution in [2.24, 2.45) is 0 Å². The first-order chi connectivity index (χ1) is 18.2. The molecule has 1 unspecified atom stereocenters. The van der Waals surface area contributed by atoms with Crippen molar-refractivity contribution < 1.29 is 18.7 Å². The molecule has 0 spiro atoms. The molecule has 0 saturated heterocycles. The zero-order valence-electron chi connectivity index (χ0n) is 22.4. The Morgan fingerprint density at radius 2 is 1.63 bits per heavy atom. The summed E-state index contributed by atoms with van der Waals surface area (Å²) in [7, 11) is 0. The second kappa shape index (κ2) is 9.86. The van der Waals surface area contributed by atoms with E-state index in [0.29, 0.717) is 46.9 Å². The maximum atomic E-state index is 14.0. The van der Waals surface area contributed by atoms with Gasteiger partial charge in [-0.2, -0.15) is 0 Å². The molecule has 3 aromatic carbocycles. The summed E-state index contributed by atoms with van der Waals surface area (Å²) in [5.41, 5.74) is 6.07. The summed E-state index contributed by atoms with van der Waals surface area (Å²) in [4.78, 5) is 29.6. The molecule has 5 rings (SSSR count). The van der Waals surface area contributed by atoms with Crippen LogP contribution in [-0.2, 0) is 0 Å². The van der Waals surface area contributed by atoms with Crippen molar-refractivity contribution >= 4 is 22.6 Å². The van der Waals surface area contributed by atoms with Crippen LogP contribution in [0.5, 0.6) is 11.5 Å². The molecule has 1 aromatic heterocycles. The van der Waals surface area contributed by atoms with Crippen molar-refractivity contribution in [3.05, 3.63) is 111 Å². The predicted octanol–water partition coefficient (Wildman–Crippen LogP) is 6.74. The Labute approximate surface area is 222 Å². The summed E-state index contributed by atoms with van der Waals surface area (Å²) >= 11 is 0. The standard InChI is InChI=1S/C32H31NO5/c1-7-13-37-25-12-10-22(17-27(25)36-8-2)29-28-30(34)24-15-20(5)21(6)16-26(24)38-31(28)32(35)33(29)23-11-9-18(3)19(4)14-23/h7,9-12,14-17,29H,1,8,13H2,2-6H3. The van der Waals surface area contributed by atoms with E-state index >= 15 is 0 Å². The zero-order chi connectivity index (χ0) is 27.1. The molecule has 1 aliphatic heterocycles. The average Bonchev–Trinajstić information content (AvgIpc) is 3.18. The fourth-order valence-electron chi connectivity index (χ4n) is 4.92. The van der Waals surface area contributed by atoms with Crippen molar-refractivity contribution in [2.75, 3.05) is 18.1 Å². The van der Waals surface area contributed by atoms with Crippen LogP contribution < -0.4 is 19.8 Å². The van der Waals surface area contributed by atoms with Crippen LogP contribution in [0.15, 0.2) is 70.4 Å². The first-order valence-corrected chi connectivity index (χ1v) is 12.7. The van der Waals surface area contributed by atoms with Crippen LogP contribution in [0.25, 0.3) is 11.0 Å². The van der Waals surface area contributed by atoms with Crippen LogP contribution in [0.4, 0.5) is 5.69 Å². The third-order valence-electron chi connectivity index (χ3n) is 7.20. The highest BCUT2D eigenvalue weighted by molar-refractivity contribution is 6.10. The minimum Gasteiger partial charge on any atom is -0.490 e. The fraction of sp³-hybridized carbons (Fsp3) is 0.250. The number of carbonyl (C=O) groups excluding carboxylic acids is 1. The summed E-state index contributed by atoms with van der Waals surface area (Å²) in [6, 6.07) is 14.3. The number of nitrogens with zero attached hydrogens (tertiary/aromatic N) is 1. The molecule has 0 fully saturated rings. The molecule has 1 amide bonds. The molecule has 1 atom stereocenters. The van der Waals surface area contributed by atoms with E-state index in [1.54, 1.807) is 17.0 Å². The van der Waals surface area contributed by atoms with Crippen LogP contribution in [0.1, 0.15) is 56.9 Å². The fourth-order valence-corrected chi connectivity index (χ4v) is 4.92. The minimum atomic E-state index is -0.700. The van der Waals surface area contributed by atoms with Gasteiger partial charge in [0.2, 0.25) is 5.76 Å². The molecule has 4 aromatic rings. The molecule has 1 aliphatic rings. The summed E-state index contributed by atoms with van der Waals surface area (Å²) in [6.07, 6.45) is 1.66. The van der Waals surface area contributed by atoms with E-state index in [1.807, 2.05) is 77.1 Å². The number of aryl methyl sites for hydroxylation is 4. The highest BCUT2D eigenvalue weighted by Gasteiger charge is 2.44. The maximum absolute atomic E-state index is 14.0. The van der Waals surface area contributed by atoms with E-state index in [2.05, 4.69) is 6.58 Å². The van der Waals surface area contributed by atoms with Gasteiger partial charge in [0, 0.05) is 5.69 Å². The summed E-state index contributed by atoms with van der Waals surface area (Å²) < 4.78 is 17.9. The largest absolute Gasteiger partial charge is 0.490 e. The lowest BCUT2D eigenvalue weighted by molar-refractivity contribution is 0.0971. The third-order valence-corrected chi connectivity index (χ3v) is 7.20. The molecule has 6 heteroatoms. The van der Waals surface area contributed by atoms with E-state index in [1.165, 1.54) is 0 Å². The second-order valence-corrected chi connectivity index (χ2v) is 9.69. The Hall–Kier alpha value is -4.32. The van der Waals surface area contributed by atoms with Crippen LogP contribution in [0, 0.1) is 27.7 Å². The SMILES string of the molecule is C=CCOc1ccc(C2c3c(oc4cc(C)c(C)cc4c3=O)C(=O)N2c2ccc(C)c(C)c2)cc1OCC. The second-order valence-electron chi connectivity index (χ2n) is 9.69. The van der Waals surface area contributed by atoms with E-state index in [4.69, 9.17) is 13.9 Å². The summed E-state index contributed by atoms with van der Waals surface area (Å²) in [6.45, 7) is 14.3. The molecular weight excluding hydrogens is 478 g/mol. The van der Waals surface area contributed by atoms with Gasteiger partial charge >= 0.3 is 0 Å². The molecule has 0 bridgehead atoms. The van der Waals surface area contributed by atoms with Gasteiger partial charge in [-0.25, -0.2) is 0 Å². The maximum Gasteiger partial charge on any atom is 0.295 e. The number of fused-ring (bicyclic) bond motifs is 2. The monoisotopic (exact) mass is 509 g/mol. The number of hydrogen-bond donors (Lipinski definition) is 0. The van der Waals surface area contributed by atoms with Crippen LogP contribution in [0.2, 0.25) is 0 Å². The quantitative estimate of drug-likeness (QED) is 0.258. The van der Waals surface area contributed by atoms with Crippen molar-refractivity contribution in [1.82, 2.24) is 0 Å². The van der Waals surface area contributed by atoms with Gasteiger partial charge in [-0.15, -0.1) is 0 Å². The number of ether oxygens (including phenoxy) is 2. The van der Waals surface area contributed by atoms with E-state index in [9.17, 15) is 9.59 Å². The lowest BCUT2D eigenvalue weighted by Crippen LogP contribution is -2.29. The molecule has 0 radical (unpaired) electrons. The Morgan fingerprint density at radius 3 is 2.34 bits per heavy atom. The third kappa shape index (κ3) is 4.16. The van der Waals surface area contributed by atoms with E-state index < -0.39 is 6.04 Å². The Balaban J connectivity index is 1.78. The van der Waals surface area contributed by atoms with Gasteiger partial charge in [-0.05, 0) is 98.8 Å². The first-order valence-electron chi connectivity index (χ1n) is 12.7. The Bertz CT molecular complexity index is 1650. The highest BCUT2D eigenvalue weighted by Crippen LogP contribution is 2.43.